The van der Waals surface area contributed by atoms with Crippen LogP contribution in [0.25, 0.3) is 0 Å². The van der Waals surface area contributed by atoms with Crippen LogP contribution in [0.4, 0.5) is 0 Å². The summed E-state index contributed by atoms with van der Waals surface area (Å²) in [5, 5.41) is 57.4. The average molecular weight is 650 g/mol. The minimum atomic E-state index is -1.35. The number of hydrogen-bond donors (Lipinski definition) is 7. The molecule has 2 aromatic carbocycles. The Bertz CT molecular complexity index is 2060. The van der Waals surface area contributed by atoms with Gasteiger partial charge in [-0.3, -0.25) is 10.3 Å². The van der Waals surface area contributed by atoms with Gasteiger partial charge in [-0.15, -0.1) is 0 Å². The van der Waals surface area contributed by atoms with Gasteiger partial charge in [-0.05, 0) is 85.4 Å². The Morgan fingerprint density at radius 3 is 1.94 bits per heavy atom. The van der Waals surface area contributed by atoms with Gasteiger partial charge < -0.3 is 45.5 Å². The molecule has 5 aliphatic carbocycles. The van der Waals surface area contributed by atoms with Crippen molar-refractivity contribution in [1.82, 2.24) is 14.8 Å². The van der Waals surface area contributed by atoms with E-state index in [0.717, 1.165) is 64.3 Å². The molecule has 4 bridgehead atoms. The molecule has 11 heteroatoms. The van der Waals surface area contributed by atoms with E-state index in [1.807, 2.05) is 17.0 Å². The normalized spacial score (nSPS) is 39.9. The number of aliphatic hydroxyl groups is 2. The zero-order valence-corrected chi connectivity index (χ0v) is 26.6. The number of H-pyrrole nitrogens is 1. The maximum Gasteiger partial charge on any atom is 0.188 e. The second-order valence-corrected chi connectivity index (χ2v) is 16.4. The first-order valence-corrected chi connectivity index (χ1v) is 17.7. The Morgan fingerprint density at radius 2 is 1.38 bits per heavy atom. The molecule has 2 saturated heterocycles. The molecule has 9 aliphatic rings. The van der Waals surface area contributed by atoms with Gasteiger partial charge in [0.1, 0.15) is 5.60 Å². The van der Waals surface area contributed by atoms with Crippen LogP contribution in [0.15, 0.2) is 24.3 Å². The first-order valence-electron chi connectivity index (χ1n) is 17.7. The second-order valence-electron chi connectivity index (χ2n) is 16.4. The molecule has 3 fully saturated rings. The van der Waals surface area contributed by atoms with Crippen molar-refractivity contribution in [2.75, 3.05) is 19.6 Å². The number of aromatic hydroxyl groups is 2. The number of piperidine rings is 2. The molecule has 11 nitrogen and oxygen atoms in total. The second kappa shape index (κ2) is 7.93. The van der Waals surface area contributed by atoms with E-state index in [9.17, 15) is 20.4 Å². The van der Waals surface area contributed by atoms with E-state index in [-0.39, 0.29) is 23.5 Å². The third-order valence-electron chi connectivity index (χ3n) is 14.7. The number of ether oxygens (including phenoxy) is 2. The van der Waals surface area contributed by atoms with E-state index >= 15 is 0 Å². The van der Waals surface area contributed by atoms with E-state index < -0.39 is 40.3 Å². The summed E-state index contributed by atoms with van der Waals surface area (Å²) in [6.45, 7) is 2.34. The van der Waals surface area contributed by atoms with Crippen LogP contribution in [-0.2, 0) is 36.5 Å². The molecule has 1 saturated carbocycles. The Hall–Kier alpha value is -3.93. The Labute approximate surface area is 276 Å². The summed E-state index contributed by atoms with van der Waals surface area (Å²) in [5.41, 5.74) is 9.76. The number of rotatable bonds is 2. The lowest BCUT2D eigenvalue weighted by Gasteiger charge is -2.63. The summed E-state index contributed by atoms with van der Waals surface area (Å²) in [4.78, 5) is 8.19. The fraction of sp³-hybridized carbons (Fsp3) is 0.541. The minimum absolute atomic E-state index is 0.0575. The van der Waals surface area contributed by atoms with E-state index in [1.54, 1.807) is 12.1 Å². The van der Waals surface area contributed by atoms with Gasteiger partial charge in [0.25, 0.3) is 0 Å². The predicted octanol–water partition coefficient (Wildman–Crippen LogP) is 2.31. The van der Waals surface area contributed by atoms with E-state index in [2.05, 4.69) is 9.88 Å². The molecule has 8 atom stereocenters. The third kappa shape index (κ3) is 2.60. The summed E-state index contributed by atoms with van der Waals surface area (Å²) in [6, 6.07) is 6.80. The minimum Gasteiger partial charge on any atom is -0.504 e. The first kappa shape index (κ1) is 27.0. The molecule has 0 amide bonds. The van der Waals surface area contributed by atoms with Crippen LogP contribution in [0.3, 0.4) is 0 Å². The van der Waals surface area contributed by atoms with E-state index in [0.29, 0.717) is 56.1 Å². The summed E-state index contributed by atoms with van der Waals surface area (Å²) in [7, 11) is 0. The highest BCUT2D eigenvalue weighted by Gasteiger charge is 2.76. The maximum absolute atomic E-state index is 13.4. The standard InChI is InChI=1S/C37H39N5O6/c38-33(39)42-10-8-35-26-18-4-6-22(44)30(26)48-32(35)28-20(14-37(35,46)24(42)12-18)19-13-36(45)23-11-17-3-5-21(43)29-25(17)34(36,31(47-29)27(19)40-28)7-9-41(23)15-16-1-2-16/h3-6,16,23-24,31-32,40,43-46H,1-2,7-15H2,(H3,38,39)/t23?,24?,31-,32-,34-,35-,36+,37+/m0/s1. The SMILES string of the molecule is N=C(N)N1CC[C@]23c4c5ccc(O)c4O[C@H]2c2[nH]c4c(c2C[C@@]3(O)C1C5)C[C@@]1(O)C2Cc3ccc(O)c5c3[C@@]1(CCN2CC1CC1)[C@H]4O5. The third-order valence-corrected chi connectivity index (χ3v) is 14.7. The topological polar surface area (TPSA) is 172 Å². The number of likely N-dealkylation sites (tertiary alicyclic amines) is 2. The molecule has 0 radical (unpaired) electrons. The Balaban J connectivity index is 1.10. The predicted molar refractivity (Wildman–Crippen MR) is 172 cm³/mol. The largest absolute Gasteiger partial charge is 0.504 e. The number of aromatic amines is 1. The lowest BCUT2D eigenvalue weighted by Crippen LogP contribution is -2.75. The van der Waals surface area contributed by atoms with Crippen LogP contribution in [0.1, 0.15) is 82.7 Å². The van der Waals surface area contributed by atoms with Gasteiger partial charge in [0.15, 0.2) is 41.2 Å². The number of guanidine groups is 1. The van der Waals surface area contributed by atoms with Crippen LogP contribution in [0, 0.1) is 11.3 Å². The number of nitrogens with two attached hydrogens (primary N) is 1. The van der Waals surface area contributed by atoms with Crippen LogP contribution >= 0.6 is 0 Å². The van der Waals surface area contributed by atoms with Crippen molar-refractivity contribution >= 4 is 5.96 Å². The fourth-order valence-corrected chi connectivity index (χ4v) is 12.7. The number of hydrogen-bond acceptors (Lipinski definition) is 8. The molecule has 248 valence electrons. The summed E-state index contributed by atoms with van der Waals surface area (Å²) >= 11 is 0. The number of aromatic nitrogens is 1. The van der Waals surface area contributed by atoms with Crippen molar-refractivity contribution in [2.24, 2.45) is 11.7 Å². The smallest absolute Gasteiger partial charge is 0.188 e. The number of nitrogens with zero attached hydrogens (tertiary/aromatic N) is 2. The average Bonchev–Trinajstić information content (AvgIpc) is 3.54. The Kier molecular flexibility index (Phi) is 4.45. The molecule has 12 rings (SSSR count). The molecule has 48 heavy (non-hydrogen) atoms. The number of nitrogens with one attached hydrogen (secondary N) is 2. The van der Waals surface area contributed by atoms with Crippen molar-refractivity contribution in [3.63, 3.8) is 0 Å². The van der Waals surface area contributed by atoms with Crippen molar-refractivity contribution < 1.29 is 29.9 Å². The maximum atomic E-state index is 13.4. The molecule has 4 aliphatic heterocycles. The number of phenolic OH excluding ortho intramolecular Hbond substituents is 2. The van der Waals surface area contributed by atoms with Gasteiger partial charge in [0.2, 0.25) is 0 Å². The van der Waals surface area contributed by atoms with Gasteiger partial charge in [-0.25, -0.2) is 0 Å². The van der Waals surface area contributed by atoms with E-state index in [4.69, 9.17) is 20.6 Å². The molecular weight excluding hydrogens is 610 g/mol. The van der Waals surface area contributed by atoms with Crippen LogP contribution in [0.5, 0.6) is 23.0 Å². The lowest BCUT2D eigenvalue weighted by atomic mass is 9.47. The lowest BCUT2D eigenvalue weighted by molar-refractivity contribution is -0.174. The summed E-state index contributed by atoms with van der Waals surface area (Å²) in [6.07, 6.45) is 4.42. The van der Waals surface area contributed by atoms with Gasteiger partial charge >= 0.3 is 0 Å². The highest BCUT2D eigenvalue weighted by Crippen LogP contribution is 2.72. The van der Waals surface area contributed by atoms with Crippen LogP contribution in [-0.4, -0.2) is 84.1 Å². The van der Waals surface area contributed by atoms with Crippen molar-refractivity contribution in [2.45, 2.75) is 97.7 Å². The Morgan fingerprint density at radius 1 is 0.833 bits per heavy atom. The quantitative estimate of drug-likeness (QED) is 0.163. The summed E-state index contributed by atoms with van der Waals surface area (Å²) < 4.78 is 13.7. The molecular formula is C37H39N5O6. The zero-order valence-electron chi connectivity index (χ0n) is 26.6. The number of phenols is 2. The highest BCUT2D eigenvalue weighted by molar-refractivity contribution is 5.77. The number of fused-ring (bicyclic) bond motifs is 5. The molecule has 2 spiro atoms. The first-order chi connectivity index (χ1) is 23.1. The zero-order chi connectivity index (χ0) is 32.3. The highest BCUT2D eigenvalue weighted by atomic mass is 16.5. The van der Waals surface area contributed by atoms with Gasteiger partial charge in [-0.2, -0.15) is 0 Å². The van der Waals surface area contributed by atoms with Gasteiger partial charge in [0, 0.05) is 43.1 Å². The number of benzene rings is 2. The van der Waals surface area contributed by atoms with Crippen LogP contribution in [0.2, 0.25) is 0 Å². The van der Waals surface area contributed by atoms with Crippen LogP contribution < -0.4 is 15.2 Å². The van der Waals surface area contributed by atoms with Crippen molar-refractivity contribution in [1.29, 1.82) is 5.41 Å². The molecule has 2 unspecified atom stereocenters. The van der Waals surface area contributed by atoms with Gasteiger partial charge in [-0.1, -0.05) is 12.1 Å². The fourth-order valence-electron chi connectivity index (χ4n) is 12.7. The molecule has 5 heterocycles. The molecule has 3 aromatic rings. The molecule has 1 aromatic heterocycles. The van der Waals surface area contributed by atoms with E-state index in [1.165, 1.54) is 12.8 Å². The van der Waals surface area contributed by atoms with Crippen molar-refractivity contribution in [3.05, 3.63) is 69.0 Å². The van der Waals surface area contributed by atoms with Crippen molar-refractivity contribution in [3.8, 4) is 23.0 Å². The monoisotopic (exact) mass is 649 g/mol. The molecule has 8 N–H and O–H groups in total. The van der Waals surface area contributed by atoms with Gasteiger partial charge in [0.05, 0.1) is 33.9 Å². The summed E-state index contributed by atoms with van der Waals surface area (Å²) in [5.74, 6) is 1.71.